The summed E-state index contributed by atoms with van der Waals surface area (Å²) in [6, 6.07) is 13.6. The maximum atomic E-state index is 12.0. The number of rotatable bonds is 7. The smallest absolute Gasteiger partial charge is 0.331 e. The van der Waals surface area contributed by atoms with Gasteiger partial charge in [0, 0.05) is 6.08 Å². The third-order valence-corrected chi connectivity index (χ3v) is 4.10. The molecule has 0 bridgehead atoms. The van der Waals surface area contributed by atoms with Gasteiger partial charge in [-0.1, -0.05) is 51.1 Å². The standard InChI is InChI=1S/C23H28O4/c1-6-26-20-13-9-17(15-21(20)25-5)10-14-22(24)27-16-18-7-11-19(12-8-18)23(2,3)4/h7-15H,6,16H2,1-5H3/b14-10+. The molecule has 2 aromatic carbocycles. The first-order chi connectivity index (χ1) is 12.8. The van der Waals surface area contributed by atoms with Crippen LogP contribution in [-0.2, 0) is 21.6 Å². The minimum absolute atomic E-state index is 0.108. The average molecular weight is 368 g/mol. The lowest BCUT2D eigenvalue weighted by molar-refractivity contribution is -0.138. The van der Waals surface area contributed by atoms with E-state index in [1.54, 1.807) is 13.2 Å². The molecule has 27 heavy (non-hydrogen) atoms. The van der Waals surface area contributed by atoms with Crippen molar-refractivity contribution in [3.63, 3.8) is 0 Å². The summed E-state index contributed by atoms with van der Waals surface area (Å²) < 4.78 is 16.1. The van der Waals surface area contributed by atoms with Crippen LogP contribution in [0.2, 0.25) is 0 Å². The van der Waals surface area contributed by atoms with Crippen molar-refractivity contribution < 1.29 is 19.0 Å². The summed E-state index contributed by atoms with van der Waals surface area (Å²) in [7, 11) is 1.59. The molecule has 0 atom stereocenters. The van der Waals surface area contributed by atoms with Gasteiger partial charge in [0.2, 0.25) is 0 Å². The quantitative estimate of drug-likeness (QED) is 0.501. The average Bonchev–Trinajstić information content (AvgIpc) is 2.65. The van der Waals surface area contributed by atoms with Crippen molar-refractivity contribution in [3.8, 4) is 11.5 Å². The van der Waals surface area contributed by atoms with Gasteiger partial charge >= 0.3 is 5.97 Å². The molecule has 2 aromatic rings. The van der Waals surface area contributed by atoms with E-state index in [0.717, 1.165) is 11.1 Å². The fraction of sp³-hybridized carbons (Fsp3) is 0.348. The van der Waals surface area contributed by atoms with Crippen LogP contribution in [0.3, 0.4) is 0 Å². The summed E-state index contributed by atoms with van der Waals surface area (Å²) in [6.07, 6.45) is 3.11. The zero-order valence-corrected chi connectivity index (χ0v) is 16.7. The van der Waals surface area contributed by atoms with Gasteiger partial charge in [0.05, 0.1) is 13.7 Å². The molecule has 0 unspecified atom stereocenters. The van der Waals surface area contributed by atoms with Crippen LogP contribution in [0.4, 0.5) is 0 Å². The predicted octanol–water partition coefficient (Wildman–Crippen LogP) is 5.15. The molecule has 0 aliphatic rings. The first-order valence-electron chi connectivity index (χ1n) is 9.08. The Balaban J connectivity index is 1.93. The minimum atomic E-state index is -0.386. The zero-order valence-electron chi connectivity index (χ0n) is 16.7. The van der Waals surface area contributed by atoms with Gasteiger partial charge in [-0.3, -0.25) is 0 Å². The Hall–Kier alpha value is -2.75. The Bertz CT molecular complexity index is 783. The zero-order chi connectivity index (χ0) is 19.9. The highest BCUT2D eigenvalue weighted by molar-refractivity contribution is 5.87. The predicted molar refractivity (Wildman–Crippen MR) is 108 cm³/mol. The number of esters is 1. The molecule has 0 aliphatic heterocycles. The Morgan fingerprint density at radius 3 is 2.33 bits per heavy atom. The number of benzene rings is 2. The van der Waals surface area contributed by atoms with Crippen molar-refractivity contribution in [2.45, 2.75) is 39.7 Å². The third kappa shape index (κ3) is 6.17. The SMILES string of the molecule is CCOc1ccc(/C=C/C(=O)OCc2ccc(C(C)(C)C)cc2)cc1OC. The Labute approximate surface area is 161 Å². The van der Waals surface area contributed by atoms with Gasteiger partial charge in [0.15, 0.2) is 11.5 Å². The fourth-order valence-electron chi connectivity index (χ4n) is 2.53. The molecule has 0 saturated carbocycles. The van der Waals surface area contributed by atoms with Crippen molar-refractivity contribution in [1.82, 2.24) is 0 Å². The number of hydrogen-bond donors (Lipinski definition) is 0. The molecule has 2 rings (SSSR count). The molecular weight excluding hydrogens is 340 g/mol. The van der Waals surface area contributed by atoms with Crippen molar-refractivity contribution >= 4 is 12.0 Å². The van der Waals surface area contributed by atoms with E-state index in [-0.39, 0.29) is 18.0 Å². The first-order valence-corrected chi connectivity index (χ1v) is 9.08. The molecule has 144 valence electrons. The second-order valence-corrected chi connectivity index (χ2v) is 7.23. The van der Waals surface area contributed by atoms with Gasteiger partial charge < -0.3 is 14.2 Å². The van der Waals surface area contributed by atoms with Gasteiger partial charge in [-0.15, -0.1) is 0 Å². The van der Waals surface area contributed by atoms with E-state index >= 15 is 0 Å². The van der Waals surface area contributed by atoms with Crippen LogP contribution in [0.15, 0.2) is 48.5 Å². The molecular formula is C23H28O4. The van der Waals surface area contributed by atoms with E-state index in [1.165, 1.54) is 11.6 Å². The molecule has 0 radical (unpaired) electrons. The van der Waals surface area contributed by atoms with Gasteiger partial charge in [-0.2, -0.15) is 0 Å². The first kappa shape index (κ1) is 20.6. The summed E-state index contributed by atoms with van der Waals surface area (Å²) in [5.74, 6) is 0.924. The topological polar surface area (TPSA) is 44.8 Å². The number of ether oxygens (including phenoxy) is 3. The maximum absolute atomic E-state index is 12.0. The Morgan fingerprint density at radius 2 is 1.74 bits per heavy atom. The van der Waals surface area contributed by atoms with E-state index in [9.17, 15) is 4.79 Å². The van der Waals surface area contributed by atoms with Crippen LogP contribution in [0, 0.1) is 0 Å². The van der Waals surface area contributed by atoms with Gasteiger partial charge in [0.1, 0.15) is 6.61 Å². The molecule has 0 N–H and O–H groups in total. The van der Waals surface area contributed by atoms with E-state index in [4.69, 9.17) is 14.2 Å². The molecule has 0 spiro atoms. The summed E-state index contributed by atoms with van der Waals surface area (Å²) in [5.41, 5.74) is 3.16. The normalized spacial score (nSPS) is 11.4. The highest BCUT2D eigenvalue weighted by Crippen LogP contribution is 2.28. The molecule has 4 nitrogen and oxygen atoms in total. The van der Waals surface area contributed by atoms with Crippen LogP contribution in [0.1, 0.15) is 44.4 Å². The minimum Gasteiger partial charge on any atom is -0.493 e. The van der Waals surface area contributed by atoms with Gasteiger partial charge in [0.25, 0.3) is 0 Å². The van der Waals surface area contributed by atoms with Crippen LogP contribution in [0.25, 0.3) is 6.08 Å². The molecule has 0 aliphatic carbocycles. The summed E-state index contributed by atoms with van der Waals surface area (Å²) in [6.45, 7) is 9.24. The van der Waals surface area contributed by atoms with Gasteiger partial charge in [-0.05, 0) is 47.2 Å². The number of carbonyl (C=O) groups excluding carboxylic acids is 1. The second-order valence-electron chi connectivity index (χ2n) is 7.23. The Morgan fingerprint density at radius 1 is 1.04 bits per heavy atom. The van der Waals surface area contributed by atoms with Crippen molar-refractivity contribution in [2.24, 2.45) is 0 Å². The molecule has 0 aromatic heterocycles. The monoisotopic (exact) mass is 368 g/mol. The highest BCUT2D eigenvalue weighted by Gasteiger charge is 2.13. The lowest BCUT2D eigenvalue weighted by Gasteiger charge is -2.19. The lowest BCUT2D eigenvalue weighted by atomic mass is 9.87. The molecule has 4 heteroatoms. The second kappa shape index (κ2) is 9.26. The lowest BCUT2D eigenvalue weighted by Crippen LogP contribution is -2.10. The van der Waals surface area contributed by atoms with Crippen LogP contribution < -0.4 is 9.47 Å². The fourth-order valence-corrected chi connectivity index (χ4v) is 2.53. The maximum Gasteiger partial charge on any atom is 0.331 e. The Kier molecular flexibility index (Phi) is 7.05. The van der Waals surface area contributed by atoms with Crippen molar-refractivity contribution in [2.75, 3.05) is 13.7 Å². The van der Waals surface area contributed by atoms with Crippen LogP contribution in [-0.4, -0.2) is 19.7 Å². The third-order valence-electron chi connectivity index (χ3n) is 4.10. The van der Waals surface area contributed by atoms with Crippen molar-refractivity contribution in [3.05, 3.63) is 65.2 Å². The number of hydrogen-bond acceptors (Lipinski definition) is 4. The van der Waals surface area contributed by atoms with E-state index in [0.29, 0.717) is 18.1 Å². The van der Waals surface area contributed by atoms with Gasteiger partial charge in [-0.25, -0.2) is 4.79 Å². The summed E-state index contributed by atoms with van der Waals surface area (Å²) in [5, 5.41) is 0. The number of carbonyl (C=O) groups is 1. The van der Waals surface area contributed by atoms with E-state index < -0.39 is 0 Å². The van der Waals surface area contributed by atoms with E-state index in [2.05, 4.69) is 32.9 Å². The van der Waals surface area contributed by atoms with E-state index in [1.807, 2.05) is 37.3 Å². The molecule has 0 amide bonds. The summed E-state index contributed by atoms with van der Waals surface area (Å²) in [4.78, 5) is 12.0. The van der Waals surface area contributed by atoms with Crippen molar-refractivity contribution in [1.29, 1.82) is 0 Å². The van der Waals surface area contributed by atoms with Crippen LogP contribution >= 0.6 is 0 Å². The molecule has 0 saturated heterocycles. The molecule has 0 heterocycles. The molecule has 0 fully saturated rings. The summed E-state index contributed by atoms with van der Waals surface area (Å²) >= 11 is 0. The van der Waals surface area contributed by atoms with Crippen LogP contribution in [0.5, 0.6) is 11.5 Å². The number of methoxy groups -OCH3 is 1. The highest BCUT2D eigenvalue weighted by atomic mass is 16.5. The largest absolute Gasteiger partial charge is 0.493 e.